The smallest absolute Gasteiger partial charge is 0.283 e. The molecule has 19 heavy (non-hydrogen) atoms. The van der Waals surface area contributed by atoms with Gasteiger partial charge in [0.2, 0.25) is 0 Å². The molecule has 0 saturated carbocycles. The highest BCUT2D eigenvalue weighted by atomic mass is 79.9. The number of rotatable bonds is 7. The van der Waals surface area contributed by atoms with Crippen LogP contribution in [0.15, 0.2) is 15.5 Å². The fourth-order valence-corrected chi connectivity index (χ4v) is 2.11. The van der Waals surface area contributed by atoms with E-state index in [0.29, 0.717) is 23.1 Å². The number of hydrogen-bond donors (Lipinski definition) is 1. The lowest BCUT2D eigenvalue weighted by Crippen LogP contribution is -2.26. The van der Waals surface area contributed by atoms with Crippen LogP contribution >= 0.6 is 15.9 Å². The van der Waals surface area contributed by atoms with Gasteiger partial charge in [-0.1, -0.05) is 20.3 Å². The van der Waals surface area contributed by atoms with Crippen LogP contribution in [0.4, 0.5) is 5.69 Å². The minimum Gasteiger partial charge on any atom is -0.379 e. The number of aromatic nitrogens is 2. The number of aryl methyl sites for hydroxylation is 1. The van der Waals surface area contributed by atoms with Crippen LogP contribution in [0.3, 0.4) is 0 Å². The summed E-state index contributed by atoms with van der Waals surface area (Å²) in [7, 11) is 0. The normalized spacial score (nSPS) is 11.9. The molecule has 1 heterocycles. The molecule has 0 aromatic carbocycles. The monoisotopic (exact) mass is 325 g/mol. The summed E-state index contributed by atoms with van der Waals surface area (Å²) in [6, 6.07) is 0.161. The van der Waals surface area contributed by atoms with Crippen LogP contribution < -0.4 is 10.9 Å². The molecule has 0 amide bonds. The minimum atomic E-state index is -0.103. The lowest BCUT2D eigenvalue weighted by atomic mass is 10.1. The Bertz CT molecular complexity index is 504. The predicted molar refractivity (Wildman–Crippen MR) is 82.3 cm³/mol. The Morgan fingerprint density at radius 3 is 2.89 bits per heavy atom. The summed E-state index contributed by atoms with van der Waals surface area (Å²) < 4.78 is 2.01. The third-order valence-corrected chi connectivity index (χ3v) is 3.69. The van der Waals surface area contributed by atoms with Crippen molar-refractivity contribution in [1.82, 2.24) is 9.78 Å². The molecule has 0 aliphatic heterocycles. The van der Waals surface area contributed by atoms with Crippen molar-refractivity contribution in [3.63, 3.8) is 0 Å². The molecule has 1 rings (SSSR count). The Morgan fingerprint density at radius 2 is 2.32 bits per heavy atom. The van der Waals surface area contributed by atoms with E-state index < -0.39 is 0 Å². The summed E-state index contributed by atoms with van der Waals surface area (Å²) in [6.07, 6.45) is 10.5. The van der Waals surface area contributed by atoms with Crippen LogP contribution in [0, 0.1) is 12.3 Å². The van der Waals surface area contributed by atoms with Gasteiger partial charge in [-0.15, -0.1) is 12.3 Å². The van der Waals surface area contributed by atoms with Crippen LogP contribution in [0.1, 0.15) is 39.5 Å². The number of nitrogens with one attached hydrogen (secondary N) is 1. The maximum Gasteiger partial charge on any atom is 0.283 e. The third kappa shape index (κ3) is 4.39. The number of unbranched alkanes of at least 4 members (excludes halogenated alkanes) is 1. The van der Waals surface area contributed by atoms with Gasteiger partial charge in [0, 0.05) is 19.0 Å². The fraction of sp³-hybridized carbons (Fsp3) is 0.571. The molecule has 5 heteroatoms. The van der Waals surface area contributed by atoms with Gasteiger partial charge in [-0.3, -0.25) is 4.79 Å². The second-order valence-corrected chi connectivity index (χ2v) is 5.20. The van der Waals surface area contributed by atoms with Gasteiger partial charge in [-0.2, -0.15) is 5.10 Å². The number of hydrogen-bond acceptors (Lipinski definition) is 3. The molecular formula is C14H20BrN3O. The number of halogens is 1. The molecule has 0 radical (unpaired) electrons. The van der Waals surface area contributed by atoms with Crippen molar-refractivity contribution in [1.29, 1.82) is 0 Å². The van der Waals surface area contributed by atoms with Crippen LogP contribution in [0.25, 0.3) is 0 Å². The Balaban J connectivity index is 2.90. The van der Waals surface area contributed by atoms with Crippen molar-refractivity contribution in [3.8, 4) is 12.3 Å². The quantitative estimate of drug-likeness (QED) is 0.784. The molecule has 1 aromatic rings. The Morgan fingerprint density at radius 1 is 1.58 bits per heavy atom. The number of terminal acetylenes is 1. The minimum absolute atomic E-state index is 0.103. The van der Waals surface area contributed by atoms with Crippen molar-refractivity contribution in [2.75, 3.05) is 5.32 Å². The molecule has 1 N–H and O–H groups in total. The van der Waals surface area contributed by atoms with E-state index in [1.807, 2.05) is 0 Å². The molecular weight excluding hydrogens is 306 g/mol. The Kier molecular flexibility index (Phi) is 6.65. The first-order chi connectivity index (χ1) is 9.13. The zero-order valence-corrected chi connectivity index (χ0v) is 13.0. The van der Waals surface area contributed by atoms with E-state index in [9.17, 15) is 4.79 Å². The average molecular weight is 326 g/mol. The van der Waals surface area contributed by atoms with E-state index in [2.05, 4.69) is 46.1 Å². The molecule has 0 aliphatic rings. The summed E-state index contributed by atoms with van der Waals surface area (Å²) in [6.45, 7) is 4.79. The molecule has 0 saturated heterocycles. The van der Waals surface area contributed by atoms with Gasteiger partial charge in [0.05, 0.1) is 11.9 Å². The topological polar surface area (TPSA) is 46.9 Å². The van der Waals surface area contributed by atoms with Gasteiger partial charge in [0.1, 0.15) is 4.47 Å². The third-order valence-electron chi connectivity index (χ3n) is 2.93. The molecule has 0 spiro atoms. The van der Waals surface area contributed by atoms with Crippen molar-refractivity contribution in [3.05, 3.63) is 21.0 Å². The Labute approximate surface area is 122 Å². The first-order valence-electron chi connectivity index (χ1n) is 6.59. The van der Waals surface area contributed by atoms with E-state index in [1.165, 1.54) is 4.68 Å². The number of nitrogens with zero attached hydrogens (tertiary/aromatic N) is 2. The summed E-state index contributed by atoms with van der Waals surface area (Å²) in [5.41, 5.74) is 0.605. The second kappa shape index (κ2) is 8.00. The number of anilines is 1. The summed E-state index contributed by atoms with van der Waals surface area (Å²) in [4.78, 5) is 12.1. The van der Waals surface area contributed by atoms with Gasteiger partial charge >= 0.3 is 0 Å². The van der Waals surface area contributed by atoms with Crippen LogP contribution in [-0.4, -0.2) is 15.8 Å². The molecule has 0 bridgehead atoms. The van der Waals surface area contributed by atoms with Crippen LogP contribution in [-0.2, 0) is 6.54 Å². The highest BCUT2D eigenvalue weighted by Crippen LogP contribution is 2.18. The van der Waals surface area contributed by atoms with Gasteiger partial charge in [0.25, 0.3) is 5.56 Å². The van der Waals surface area contributed by atoms with E-state index in [-0.39, 0.29) is 11.6 Å². The van der Waals surface area contributed by atoms with E-state index >= 15 is 0 Å². The average Bonchev–Trinajstić information content (AvgIpc) is 2.42. The molecule has 1 aromatic heterocycles. The molecule has 4 nitrogen and oxygen atoms in total. The van der Waals surface area contributed by atoms with Crippen molar-refractivity contribution < 1.29 is 0 Å². The van der Waals surface area contributed by atoms with Gasteiger partial charge in [-0.25, -0.2) is 4.68 Å². The summed E-state index contributed by atoms with van der Waals surface area (Å²) in [5, 5.41) is 7.44. The van der Waals surface area contributed by atoms with Gasteiger partial charge in [0.15, 0.2) is 0 Å². The molecule has 0 aliphatic carbocycles. The van der Waals surface area contributed by atoms with Gasteiger partial charge < -0.3 is 5.32 Å². The van der Waals surface area contributed by atoms with Crippen molar-refractivity contribution in [2.45, 2.75) is 52.1 Å². The maximum atomic E-state index is 12.1. The summed E-state index contributed by atoms with van der Waals surface area (Å²) >= 11 is 3.34. The first-order valence-corrected chi connectivity index (χ1v) is 7.38. The second-order valence-electron chi connectivity index (χ2n) is 4.41. The van der Waals surface area contributed by atoms with Crippen molar-refractivity contribution in [2.24, 2.45) is 0 Å². The van der Waals surface area contributed by atoms with E-state index in [1.54, 1.807) is 6.20 Å². The summed E-state index contributed by atoms with van der Waals surface area (Å²) in [5.74, 6) is 2.63. The largest absolute Gasteiger partial charge is 0.379 e. The molecule has 104 valence electrons. The Hall–Kier alpha value is -1.28. The standard InChI is InChI=1S/C14H20BrN3O/c1-4-7-9-18-14(19)13(15)12(10-16-18)17-11(6-3)8-5-2/h2,10-11,17H,4,6-9H2,1,3H3. The zero-order chi connectivity index (χ0) is 14.3. The van der Waals surface area contributed by atoms with Gasteiger partial charge in [-0.05, 0) is 28.8 Å². The highest BCUT2D eigenvalue weighted by Gasteiger charge is 2.11. The van der Waals surface area contributed by atoms with Crippen LogP contribution in [0.2, 0.25) is 0 Å². The molecule has 1 unspecified atom stereocenters. The fourth-order valence-electron chi connectivity index (χ4n) is 1.69. The van der Waals surface area contributed by atoms with E-state index in [0.717, 1.165) is 19.3 Å². The lowest BCUT2D eigenvalue weighted by Gasteiger charge is -2.17. The maximum absolute atomic E-state index is 12.1. The molecule has 0 fully saturated rings. The lowest BCUT2D eigenvalue weighted by molar-refractivity contribution is 0.540. The van der Waals surface area contributed by atoms with Crippen molar-refractivity contribution >= 4 is 21.6 Å². The zero-order valence-electron chi connectivity index (χ0n) is 11.4. The SMILES string of the molecule is C#CCC(CC)Nc1cnn(CCCC)c(=O)c1Br. The molecule has 1 atom stereocenters. The first kappa shape index (κ1) is 15.8. The van der Waals surface area contributed by atoms with E-state index in [4.69, 9.17) is 6.42 Å². The predicted octanol–water partition coefficient (Wildman–Crippen LogP) is 3.02. The van der Waals surface area contributed by atoms with Crippen LogP contribution in [0.5, 0.6) is 0 Å². The highest BCUT2D eigenvalue weighted by molar-refractivity contribution is 9.10.